The second-order valence-electron chi connectivity index (χ2n) is 4.61. The molecule has 6 nitrogen and oxygen atoms in total. The number of pyridine rings is 1. The smallest absolute Gasteiger partial charge is 0.252 e. The average molecular weight is 282 g/mol. The third-order valence-electron chi connectivity index (χ3n) is 3.17. The number of hydrogen-bond acceptors (Lipinski definition) is 4. The number of rotatable bonds is 4. The molecule has 3 N–H and O–H groups in total. The molecule has 0 radical (unpaired) electrons. The molecule has 1 aromatic carbocycles. The summed E-state index contributed by atoms with van der Waals surface area (Å²) in [7, 11) is 0. The number of fused-ring (bicyclic) bond motifs is 1. The van der Waals surface area contributed by atoms with Crippen molar-refractivity contribution in [1.29, 1.82) is 0 Å². The first-order valence-electron chi connectivity index (χ1n) is 6.55. The van der Waals surface area contributed by atoms with Crippen LogP contribution in [0.4, 0.5) is 0 Å². The van der Waals surface area contributed by atoms with Gasteiger partial charge in [-0.15, -0.1) is 0 Å². The fourth-order valence-electron chi connectivity index (χ4n) is 2.12. The summed E-state index contributed by atoms with van der Waals surface area (Å²) in [6.45, 7) is 0.139. The molecule has 3 aromatic rings. The van der Waals surface area contributed by atoms with E-state index in [0.29, 0.717) is 5.56 Å². The number of benzene rings is 1. The van der Waals surface area contributed by atoms with Gasteiger partial charge in [-0.25, -0.2) is 0 Å². The molecule has 0 aliphatic carbocycles. The van der Waals surface area contributed by atoms with Gasteiger partial charge in [0.05, 0.1) is 23.9 Å². The summed E-state index contributed by atoms with van der Waals surface area (Å²) in [5.41, 5.74) is 3.25. The van der Waals surface area contributed by atoms with Crippen molar-refractivity contribution in [3.63, 3.8) is 0 Å². The summed E-state index contributed by atoms with van der Waals surface area (Å²) in [6, 6.07) is 7.66. The molecule has 0 spiro atoms. The van der Waals surface area contributed by atoms with Crippen LogP contribution in [0, 0.1) is 0 Å². The second-order valence-corrected chi connectivity index (χ2v) is 4.61. The van der Waals surface area contributed by atoms with E-state index in [0.717, 1.165) is 22.0 Å². The molecule has 1 amide bonds. The number of carbonyl (C=O) groups excluding carboxylic acids is 1. The van der Waals surface area contributed by atoms with Gasteiger partial charge in [-0.3, -0.25) is 14.9 Å². The minimum Gasteiger partial charge on any atom is -0.395 e. The lowest BCUT2D eigenvalue weighted by Gasteiger charge is -2.06. The largest absolute Gasteiger partial charge is 0.395 e. The van der Waals surface area contributed by atoms with Crippen LogP contribution in [0.2, 0.25) is 0 Å². The van der Waals surface area contributed by atoms with Crippen LogP contribution < -0.4 is 5.32 Å². The zero-order valence-corrected chi connectivity index (χ0v) is 11.2. The predicted molar refractivity (Wildman–Crippen MR) is 78.7 cm³/mol. The third-order valence-corrected chi connectivity index (χ3v) is 3.17. The van der Waals surface area contributed by atoms with Gasteiger partial charge in [0, 0.05) is 29.9 Å². The molecule has 0 unspecified atom stereocenters. The van der Waals surface area contributed by atoms with E-state index in [1.807, 2.05) is 18.2 Å². The maximum Gasteiger partial charge on any atom is 0.252 e. The maximum absolute atomic E-state index is 11.9. The van der Waals surface area contributed by atoms with Crippen LogP contribution in [0.3, 0.4) is 0 Å². The van der Waals surface area contributed by atoms with Crippen LogP contribution in [-0.2, 0) is 0 Å². The van der Waals surface area contributed by atoms with Crippen LogP contribution in [0.15, 0.2) is 42.9 Å². The molecule has 21 heavy (non-hydrogen) atoms. The third kappa shape index (κ3) is 2.75. The minimum atomic E-state index is -0.247. The zero-order chi connectivity index (χ0) is 14.7. The Bertz CT molecular complexity index is 782. The van der Waals surface area contributed by atoms with Gasteiger partial charge in [0.25, 0.3) is 5.91 Å². The predicted octanol–water partition coefficient (Wildman–Crippen LogP) is 1.35. The lowest BCUT2D eigenvalue weighted by Crippen LogP contribution is -2.26. The maximum atomic E-state index is 11.9. The number of aromatic nitrogens is 3. The van der Waals surface area contributed by atoms with Gasteiger partial charge in [-0.1, -0.05) is 6.07 Å². The summed E-state index contributed by atoms with van der Waals surface area (Å²) >= 11 is 0. The van der Waals surface area contributed by atoms with Gasteiger partial charge in [0.2, 0.25) is 0 Å². The standard InChI is InChI=1S/C15H14N4O2/c20-4-3-17-15(21)13-6-11(7-16-8-13)10-1-2-14-12(5-10)9-18-19-14/h1-2,5-9,20H,3-4H2,(H,17,21)(H,18,19). The first-order chi connectivity index (χ1) is 10.3. The SMILES string of the molecule is O=C(NCCO)c1cncc(-c2ccc3[nH]ncc3c2)c1. The molecule has 0 saturated heterocycles. The molecule has 2 heterocycles. The number of amides is 1. The zero-order valence-electron chi connectivity index (χ0n) is 11.2. The first-order valence-corrected chi connectivity index (χ1v) is 6.55. The number of hydrogen-bond donors (Lipinski definition) is 3. The number of aromatic amines is 1. The van der Waals surface area contributed by atoms with Crippen molar-refractivity contribution in [1.82, 2.24) is 20.5 Å². The van der Waals surface area contributed by atoms with E-state index in [4.69, 9.17) is 5.11 Å². The number of aliphatic hydroxyl groups excluding tert-OH is 1. The summed E-state index contributed by atoms with van der Waals surface area (Å²) in [6.07, 6.45) is 4.97. The van der Waals surface area contributed by atoms with E-state index in [2.05, 4.69) is 20.5 Å². The lowest BCUT2D eigenvalue weighted by atomic mass is 10.0. The Labute approximate surface area is 120 Å². The Morgan fingerprint density at radius 1 is 1.19 bits per heavy atom. The van der Waals surface area contributed by atoms with Crippen molar-refractivity contribution >= 4 is 16.8 Å². The van der Waals surface area contributed by atoms with Gasteiger partial charge in [0.1, 0.15) is 0 Å². The summed E-state index contributed by atoms with van der Waals surface area (Å²) < 4.78 is 0. The topological polar surface area (TPSA) is 90.9 Å². The van der Waals surface area contributed by atoms with E-state index in [9.17, 15) is 4.79 Å². The molecule has 3 rings (SSSR count). The molecule has 0 saturated carbocycles. The van der Waals surface area contributed by atoms with Crippen LogP contribution in [0.5, 0.6) is 0 Å². The Morgan fingerprint density at radius 2 is 2.10 bits per heavy atom. The Kier molecular flexibility index (Phi) is 3.61. The Morgan fingerprint density at radius 3 is 2.95 bits per heavy atom. The van der Waals surface area contributed by atoms with Crippen LogP contribution >= 0.6 is 0 Å². The minimum absolute atomic E-state index is 0.0873. The molecule has 6 heteroatoms. The normalized spacial score (nSPS) is 10.7. The van der Waals surface area contributed by atoms with Gasteiger partial charge in [-0.2, -0.15) is 5.10 Å². The fourth-order valence-corrected chi connectivity index (χ4v) is 2.12. The summed E-state index contributed by atoms with van der Waals surface area (Å²) in [4.78, 5) is 16.0. The van der Waals surface area contributed by atoms with Crippen molar-refractivity contribution in [2.24, 2.45) is 0 Å². The van der Waals surface area contributed by atoms with Crippen molar-refractivity contribution in [2.75, 3.05) is 13.2 Å². The lowest BCUT2D eigenvalue weighted by molar-refractivity contribution is 0.0944. The molecule has 0 fully saturated rings. The van der Waals surface area contributed by atoms with Crippen molar-refractivity contribution in [3.8, 4) is 11.1 Å². The van der Waals surface area contributed by atoms with E-state index in [1.165, 1.54) is 6.20 Å². The molecule has 0 aliphatic rings. The molecule has 106 valence electrons. The molecule has 0 atom stereocenters. The highest BCUT2D eigenvalue weighted by Gasteiger charge is 2.08. The monoisotopic (exact) mass is 282 g/mol. The van der Waals surface area contributed by atoms with Crippen LogP contribution in [0.25, 0.3) is 22.0 Å². The highest BCUT2D eigenvalue weighted by molar-refractivity contribution is 5.95. The number of aliphatic hydroxyl groups is 1. The number of H-pyrrole nitrogens is 1. The van der Waals surface area contributed by atoms with Crippen LogP contribution in [-0.4, -0.2) is 39.3 Å². The summed E-state index contributed by atoms with van der Waals surface area (Å²) in [5.74, 6) is -0.247. The molecular weight excluding hydrogens is 268 g/mol. The number of nitrogens with one attached hydrogen (secondary N) is 2. The van der Waals surface area contributed by atoms with E-state index in [-0.39, 0.29) is 19.1 Å². The first kappa shape index (κ1) is 13.3. The number of nitrogens with zero attached hydrogens (tertiary/aromatic N) is 2. The van der Waals surface area contributed by atoms with Crippen molar-refractivity contribution in [2.45, 2.75) is 0 Å². The average Bonchev–Trinajstić information content (AvgIpc) is 3.00. The molecular formula is C15H14N4O2. The highest BCUT2D eigenvalue weighted by atomic mass is 16.3. The van der Waals surface area contributed by atoms with Crippen molar-refractivity contribution < 1.29 is 9.90 Å². The van der Waals surface area contributed by atoms with E-state index < -0.39 is 0 Å². The van der Waals surface area contributed by atoms with Gasteiger partial charge in [-0.05, 0) is 23.8 Å². The van der Waals surface area contributed by atoms with Gasteiger partial charge < -0.3 is 10.4 Å². The number of carbonyl (C=O) groups is 1. The van der Waals surface area contributed by atoms with Crippen molar-refractivity contribution in [3.05, 3.63) is 48.4 Å². The van der Waals surface area contributed by atoms with Crippen LogP contribution in [0.1, 0.15) is 10.4 Å². The van der Waals surface area contributed by atoms with E-state index in [1.54, 1.807) is 18.5 Å². The van der Waals surface area contributed by atoms with E-state index >= 15 is 0 Å². The highest BCUT2D eigenvalue weighted by Crippen LogP contribution is 2.23. The second kappa shape index (κ2) is 5.72. The Balaban J connectivity index is 1.93. The quantitative estimate of drug-likeness (QED) is 0.673. The van der Waals surface area contributed by atoms with Gasteiger partial charge >= 0.3 is 0 Å². The molecule has 0 bridgehead atoms. The summed E-state index contributed by atoms with van der Waals surface area (Å²) in [5, 5.41) is 19.2. The van der Waals surface area contributed by atoms with Gasteiger partial charge in [0.15, 0.2) is 0 Å². The molecule has 0 aliphatic heterocycles. The fraction of sp³-hybridized carbons (Fsp3) is 0.133. The molecule has 2 aromatic heterocycles. The Hall–Kier alpha value is -2.73.